The largest absolute Gasteiger partial charge is 0.444 e. The van der Waals surface area contributed by atoms with Crippen LogP contribution in [0.15, 0.2) is 24.3 Å². The van der Waals surface area contributed by atoms with Crippen LogP contribution in [0.3, 0.4) is 0 Å². The van der Waals surface area contributed by atoms with Crippen LogP contribution in [0.1, 0.15) is 52.0 Å². The maximum atomic E-state index is 11.8. The fraction of sp³-hybridized carbons (Fsp3) is 0.611. The van der Waals surface area contributed by atoms with Crippen LogP contribution in [0.2, 0.25) is 0 Å². The number of ether oxygens (including phenoxy) is 1. The molecule has 23 heavy (non-hydrogen) atoms. The van der Waals surface area contributed by atoms with Gasteiger partial charge in [0.2, 0.25) is 0 Å². The van der Waals surface area contributed by atoms with E-state index in [4.69, 9.17) is 9.84 Å². The van der Waals surface area contributed by atoms with Crippen LogP contribution in [-0.4, -0.2) is 28.9 Å². The van der Waals surface area contributed by atoms with Gasteiger partial charge in [0.25, 0.3) is 0 Å². The molecule has 0 radical (unpaired) electrons. The van der Waals surface area contributed by atoms with Gasteiger partial charge >= 0.3 is 6.09 Å². The molecule has 1 aliphatic carbocycles. The molecule has 5 heteroatoms. The average Bonchev–Trinajstić information content (AvgIpc) is 2.48. The summed E-state index contributed by atoms with van der Waals surface area (Å²) in [7, 11) is 0. The first-order chi connectivity index (χ1) is 10.9. The highest BCUT2D eigenvalue weighted by Crippen LogP contribution is 2.23. The summed E-state index contributed by atoms with van der Waals surface area (Å²) in [4.78, 5) is 11.8. The second-order valence-corrected chi connectivity index (χ2v) is 7.19. The van der Waals surface area contributed by atoms with Crippen LogP contribution >= 0.6 is 0 Å². The highest BCUT2D eigenvalue weighted by molar-refractivity contribution is 5.68. The monoisotopic (exact) mass is 320 g/mol. The van der Waals surface area contributed by atoms with Crippen LogP contribution in [-0.2, 0) is 11.3 Å². The molecule has 0 spiro atoms. The molecule has 0 aliphatic heterocycles. The molecule has 1 amide bonds. The Hall–Kier alpha value is -1.75. The van der Waals surface area contributed by atoms with Gasteiger partial charge in [-0.05, 0) is 64.2 Å². The summed E-state index contributed by atoms with van der Waals surface area (Å²) in [6.45, 7) is 5.68. The summed E-state index contributed by atoms with van der Waals surface area (Å²) in [5, 5.41) is 15.5. The average molecular weight is 320 g/mol. The lowest BCUT2D eigenvalue weighted by Gasteiger charge is -2.31. The molecule has 0 saturated heterocycles. The highest BCUT2D eigenvalue weighted by Gasteiger charge is 2.24. The zero-order chi connectivity index (χ0) is 16.9. The summed E-state index contributed by atoms with van der Waals surface area (Å²) in [6.07, 6.45) is 3.61. The van der Waals surface area contributed by atoms with Crippen LogP contribution in [0.4, 0.5) is 10.5 Å². The van der Waals surface area contributed by atoms with E-state index in [-0.39, 0.29) is 18.7 Å². The van der Waals surface area contributed by atoms with E-state index in [1.54, 1.807) is 0 Å². The van der Waals surface area contributed by atoms with Gasteiger partial charge < -0.3 is 20.5 Å². The Morgan fingerprint density at radius 1 is 1.13 bits per heavy atom. The number of alkyl carbamates (subject to hydrolysis) is 1. The van der Waals surface area contributed by atoms with E-state index in [0.29, 0.717) is 6.04 Å². The summed E-state index contributed by atoms with van der Waals surface area (Å²) in [5.41, 5.74) is 1.54. The molecule has 1 aromatic rings. The van der Waals surface area contributed by atoms with Crippen molar-refractivity contribution in [3.8, 4) is 0 Å². The number of hydrogen-bond acceptors (Lipinski definition) is 4. The molecule has 5 nitrogen and oxygen atoms in total. The first-order valence-electron chi connectivity index (χ1n) is 8.31. The van der Waals surface area contributed by atoms with E-state index < -0.39 is 5.60 Å². The Morgan fingerprint density at radius 3 is 2.22 bits per heavy atom. The van der Waals surface area contributed by atoms with Crippen LogP contribution in [0.25, 0.3) is 0 Å². The maximum absolute atomic E-state index is 11.8. The van der Waals surface area contributed by atoms with Crippen molar-refractivity contribution in [1.29, 1.82) is 0 Å². The molecule has 1 aliphatic rings. The molecule has 128 valence electrons. The smallest absolute Gasteiger partial charge is 0.407 e. The third-order valence-corrected chi connectivity index (χ3v) is 3.96. The van der Waals surface area contributed by atoms with Gasteiger partial charge in [-0.25, -0.2) is 4.79 Å². The molecule has 2 rings (SSSR count). The van der Waals surface area contributed by atoms with Gasteiger partial charge in [0.15, 0.2) is 0 Å². The minimum atomic E-state index is -0.455. The van der Waals surface area contributed by atoms with Gasteiger partial charge in [0, 0.05) is 17.8 Å². The van der Waals surface area contributed by atoms with Gasteiger partial charge in [0.05, 0.1) is 6.61 Å². The standard InChI is InChI=1S/C18H28N2O3/c1-18(2,3)23-17(22)20-16-10-8-15(9-11-16)19-14-6-4-13(12-21)5-7-14/h4-7,15-16,19,21H,8-12H2,1-3H3,(H,20,22). The molecule has 0 unspecified atom stereocenters. The van der Waals surface area contributed by atoms with Crippen molar-refractivity contribution < 1.29 is 14.6 Å². The number of aliphatic hydroxyl groups is 1. The van der Waals surface area contributed by atoms with Gasteiger partial charge in [-0.15, -0.1) is 0 Å². The van der Waals surface area contributed by atoms with Crippen molar-refractivity contribution in [2.45, 2.75) is 70.7 Å². The third kappa shape index (κ3) is 6.10. The van der Waals surface area contributed by atoms with Gasteiger partial charge in [0.1, 0.15) is 5.60 Å². The zero-order valence-corrected chi connectivity index (χ0v) is 14.3. The molecular weight excluding hydrogens is 292 g/mol. The first-order valence-corrected chi connectivity index (χ1v) is 8.31. The lowest BCUT2D eigenvalue weighted by molar-refractivity contribution is 0.0492. The van der Waals surface area contributed by atoms with Crippen molar-refractivity contribution in [3.63, 3.8) is 0 Å². The number of aliphatic hydroxyl groups excluding tert-OH is 1. The van der Waals surface area contributed by atoms with E-state index in [9.17, 15) is 4.79 Å². The third-order valence-electron chi connectivity index (χ3n) is 3.96. The number of rotatable bonds is 4. The summed E-state index contributed by atoms with van der Waals surface area (Å²) in [6, 6.07) is 8.47. The van der Waals surface area contributed by atoms with Gasteiger partial charge in [-0.3, -0.25) is 0 Å². The van der Waals surface area contributed by atoms with E-state index >= 15 is 0 Å². The summed E-state index contributed by atoms with van der Waals surface area (Å²) in [5.74, 6) is 0. The van der Waals surface area contributed by atoms with Gasteiger partial charge in [-0.2, -0.15) is 0 Å². The SMILES string of the molecule is CC(C)(C)OC(=O)NC1CCC(Nc2ccc(CO)cc2)CC1. The van der Waals surface area contributed by atoms with E-state index in [2.05, 4.69) is 10.6 Å². The van der Waals surface area contributed by atoms with Crippen LogP contribution in [0.5, 0.6) is 0 Å². The number of hydrogen-bond donors (Lipinski definition) is 3. The van der Waals surface area contributed by atoms with E-state index in [1.165, 1.54) is 0 Å². The number of nitrogens with one attached hydrogen (secondary N) is 2. The molecule has 1 saturated carbocycles. The Morgan fingerprint density at radius 2 is 1.70 bits per heavy atom. The molecule has 1 fully saturated rings. The minimum Gasteiger partial charge on any atom is -0.444 e. The highest BCUT2D eigenvalue weighted by atomic mass is 16.6. The lowest BCUT2D eigenvalue weighted by atomic mass is 9.91. The van der Waals surface area contributed by atoms with Crippen molar-refractivity contribution in [2.75, 3.05) is 5.32 Å². The van der Waals surface area contributed by atoms with Crippen molar-refractivity contribution in [1.82, 2.24) is 5.32 Å². The van der Waals surface area contributed by atoms with E-state index in [1.807, 2.05) is 45.0 Å². The second kappa shape index (κ2) is 7.68. The molecule has 0 atom stereocenters. The number of anilines is 1. The van der Waals surface area contributed by atoms with Crippen molar-refractivity contribution >= 4 is 11.8 Å². The maximum Gasteiger partial charge on any atom is 0.407 e. The Labute approximate surface area is 138 Å². The Balaban J connectivity index is 1.74. The second-order valence-electron chi connectivity index (χ2n) is 7.19. The normalized spacial score (nSPS) is 21.6. The summed E-state index contributed by atoms with van der Waals surface area (Å²) < 4.78 is 5.30. The zero-order valence-electron chi connectivity index (χ0n) is 14.3. The van der Waals surface area contributed by atoms with Crippen molar-refractivity contribution in [2.24, 2.45) is 0 Å². The topological polar surface area (TPSA) is 70.6 Å². The first kappa shape index (κ1) is 17.6. The molecule has 0 bridgehead atoms. The van der Waals surface area contributed by atoms with E-state index in [0.717, 1.165) is 36.9 Å². The number of carbonyl (C=O) groups is 1. The Bertz CT molecular complexity index is 500. The fourth-order valence-electron chi connectivity index (χ4n) is 2.80. The van der Waals surface area contributed by atoms with Crippen LogP contribution < -0.4 is 10.6 Å². The molecule has 0 aromatic heterocycles. The minimum absolute atomic E-state index is 0.0712. The number of carbonyl (C=O) groups excluding carboxylic acids is 1. The Kier molecular flexibility index (Phi) is 5.88. The van der Waals surface area contributed by atoms with Crippen LogP contribution in [0, 0.1) is 0 Å². The fourth-order valence-corrected chi connectivity index (χ4v) is 2.80. The van der Waals surface area contributed by atoms with Crippen molar-refractivity contribution in [3.05, 3.63) is 29.8 Å². The number of amides is 1. The van der Waals surface area contributed by atoms with Gasteiger partial charge in [-0.1, -0.05) is 12.1 Å². The molecule has 3 N–H and O–H groups in total. The predicted octanol–water partition coefficient (Wildman–Crippen LogP) is 3.43. The predicted molar refractivity (Wildman–Crippen MR) is 91.4 cm³/mol. The molecule has 0 heterocycles. The quantitative estimate of drug-likeness (QED) is 0.795. The molecular formula is C18H28N2O3. The summed E-state index contributed by atoms with van der Waals surface area (Å²) >= 11 is 0. The number of benzene rings is 1. The molecule has 1 aromatic carbocycles. The lowest BCUT2D eigenvalue weighted by Crippen LogP contribution is -2.42.